The molecule has 4 N–H and O–H groups in total. The molecule has 7 heteroatoms. The number of para-hydroxylation sites is 1. The van der Waals surface area contributed by atoms with Crippen LogP contribution in [0.25, 0.3) is 10.1 Å². The molecule has 1 atom stereocenters. The Kier molecular flexibility index (Phi) is 6.73. The fourth-order valence-electron chi connectivity index (χ4n) is 2.83. The van der Waals surface area contributed by atoms with Gasteiger partial charge in [-0.2, -0.15) is 0 Å². The largest absolute Gasteiger partial charge is 0.504 e. The summed E-state index contributed by atoms with van der Waals surface area (Å²) in [5.74, 6) is 1.09. The second-order valence-electron chi connectivity index (χ2n) is 6.25. The van der Waals surface area contributed by atoms with Crippen molar-refractivity contribution < 1.29 is 14.9 Å². The number of aliphatic hydroxyl groups excluding tert-OH is 1. The standard InChI is InChI=1S/C21H25N3O3S/c1-3-22-21(23-12-15-8-6-9-17(27-2)20(15)26)24-13-16(25)19-11-14-7-4-5-10-18(14)28-19/h4-11,16,25-26H,3,12-13H2,1-2H3,(H2,22,23,24). The molecule has 0 aliphatic rings. The molecule has 0 fully saturated rings. The molecule has 0 amide bonds. The molecule has 0 saturated heterocycles. The summed E-state index contributed by atoms with van der Waals surface area (Å²) in [6, 6.07) is 15.4. The van der Waals surface area contributed by atoms with Gasteiger partial charge in [-0.05, 0) is 30.5 Å². The summed E-state index contributed by atoms with van der Waals surface area (Å²) in [5.41, 5.74) is 0.668. The van der Waals surface area contributed by atoms with Crippen LogP contribution in [0.1, 0.15) is 23.5 Å². The molecule has 0 aliphatic heterocycles. The number of hydrogen-bond acceptors (Lipinski definition) is 5. The quantitative estimate of drug-likeness (QED) is 0.361. The summed E-state index contributed by atoms with van der Waals surface area (Å²) in [4.78, 5) is 5.41. The van der Waals surface area contributed by atoms with Gasteiger partial charge in [0.15, 0.2) is 17.5 Å². The number of methoxy groups -OCH3 is 1. The van der Waals surface area contributed by atoms with Crippen molar-refractivity contribution in [3.63, 3.8) is 0 Å². The maximum atomic E-state index is 10.5. The molecule has 148 valence electrons. The third kappa shape index (κ3) is 4.74. The number of guanidine groups is 1. The lowest BCUT2D eigenvalue weighted by Gasteiger charge is -2.14. The van der Waals surface area contributed by atoms with Gasteiger partial charge in [0.2, 0.25) is 0 Å². The number of phenols is 1. The molecular formula is C21H25N3O3S. The van der Waals surface area contributed by atoms with Crippen molar-refractivity contribution in [2.75, 3.05) is 20.2 Å². The van der Waals surface area contributed by atoms with Crippen LogP contribution < -0.4 is 15.4 Å². The zero-order valence-electron chi connectivity index (χ0n) is 16.0. The number of rotatable bonds is 7. The summed E-state index contributed by atoms with van der Waals surface area (Å²) in [6.45, 7) is 3.29. The van der Waals surface area contributed by atoms with Crippen LogP contribution in [0.5, 0.6) is 11.5 Å². The van der Waals surface area contributed by atoms with Gasteiger partial charge in [0.1, 0.15) is 6.10 Å². The van der Waals surface area contributed by atoms with Crippen LogP contribution in [0.3, 0.4) is 0 Å². The lowest BCUT2D eigenvalue weighted by Crippen LogP contribution is -2.39. The molecule has 1 unspecified atom stereocenters. The third-order valence-corrected chi connectivity index (χ3v) is 5.51. The Bertz CT molecular complexity index is 922. The summed E-state index contributed by atoms with van der Waals surface area (Å²) in [7, 11) is 1.52. The molecule has 0 spiro atoms. The number of aliphatic imine (C=N–C) groups is 1. The predicted octanol–water partition coefficient (Wildman–Crippen LogP) is 3.40. The number of fused-ring (bicyclic) bond motifs is 1. The second kappa shape index (κ2) is 9.43. The fraction of sp³-hybridized carbons (Fsp3) is 0.286. The summed E-state index contributed by atoms with van der Waals surface area (Å²) >= 11 is 1.59. The molecule has 0 aliphatic carbocycles. The SMILES string of the molecule is CCNC(=NCc1cccc(OC)c1O)NCC(O)c1cc2ccccc2s1. The van der Waals surface area contributed by atoms with Gasteiger partial charge in [-0.25, -0.2) is 4.99 Å². The van der Waals surface area contributed by atoms with E-state index in [9.17, 15) is 10.2 Å². The van der Waals surface area contributed by atoms with Gasteiger partial charge in [0.25, 0.3) is 0 Å². The number of phenolic OH excluding ortho intramolecular Hbond substituents is 1. The second-order valence-corrected chi connectivity index (χ2v) is 7.36. The van der Waals surface area contributed by atoms with E-state index in [1.165, 1.54) is 7.11 Å². The highest BCUT2D eigenvalue weighted by Crippen LogP contribution is 2.30. The predicted molar refractivity (Wildman–Crippen MR) is 114 cm³/mol. The van der Waals surface area contributed by atoms with Crippen molar-refractivity contribution in [1.29, 1.82) is 0 Å². The number of nitrogens with zero attached hydrogens (tertiary/aromatic N) is 1. The average molecular weight is 400 g/mol. The van der Waals surface area contributed by atoms with E-state index in [1.807, 2.05) is 37.3 Å². The van der Waals surface area contributed by atoms with Gasteiger partial charge in [-0.3, -0.25) is 0 Å². The van der Waals surface area contributed by atoms with Crippen molar-refractivity contribution in [2.45, 2.75) is 19.6 Å². The van der Waals surface area contributed by atoms with Gasteiger partial charge in [0.05, 0.1) is 13.7 Å². The van der Waals surface area contributed by atoms with Gasteiger partial charge >= 0.3 is 0 Å². The molecule has 0 bridgehead atoms. The topological polar surface area (TPSA) is 86.1 Å². The normalized spacial score (nSPS) is 12.8. The highest BCUT2D eigenvalue weighted by molar-refractivity contribution is 7.19. The molecule has 0 saturated carbocycles. The number of aliphatic hydroxyl groups is 1. The maximum absolute atomic E-state index is 10.5. The van der Waals surface area contributed by atoms with Crippen LogP contribution in [-0.4, -0.2) is 36.4 Å². The molecule has 2 aromatic carbocycles. The van der Waals surface area contributed by atoms with E-state index in [0.717, 1.165) is 15.0 Å². The minimum absolute atomic E-state index is 0.0925. The Labute approximate surface area is 168 Å². The van der Waals surface area contributed by atoms with Gasteiger partial charge in [-0.15, -0.1) is 11.3 Å². The fourth-order valence-corrected chi connectivity index (χ4v) is 3.88. The van der Waals surface area contributed by atoms with Gasteiger partial charge in [-0.1, -0.05) is 30.3 Å². The highest BCUT2D eigenvalue weighted by atomic mass is 32.1. The van der Waals surface area contributed by atoms with E-state index in [4.69, 9.17) is 4.74 Å². The zero-order valence-corrected chi connectivity index (χ0v) is 16.8. The first-order valence-electron chi connectivity index (χ1n) is 9.16. The molecule has 3 aromatic rings. The molecule has 3 rings (SSSR count). The zero-order chi connectivity index (χ0) is 19.9. The number of ether oxygens (including phenoxy) is 1. The average Bonchev–Trinajstić information content (AvgIpc) is 3.15. The number of nitrogens with one attached hydrogen (secondary N) is 2. The number of benzene rings is 2. The molecule has 1 aromatic heterocycles. The molecule has 6 nitrogen and oxygen atoms in total. The monoisotopic (exact) mass is 399 g/mol. The van der Waals surface area contributed by atoms with Crippen molar-refractivity contribution in [3.8, 4) is 11.5 Å². The van der Waals surface area contributed by atoms with E-state index in [0.29, 0.717) is 30.4 Å². The van der Waals surface area contributed by atoms with Crippen LogP contribution in [-0.2, 0) is 6.54 Å². The summed E-state index contributed by atoms with van der Waals surface area (Å²) in [6.07, 6.45) is -0.633. The summed E-state index contributed by atoms with van der Waals surface area (Å²) in [5, 5.41) is 28.2. The van der Waals surface area contributed by atoms with Crippen molar-refractivity contribution in [2.24, 2.45) is 4.99 Å². The van der Waals surface area contributed by atoms with Crippen LogP contribution >= 0.6 is 11.3 Å². The number of aromatic hydroxyl groups is 1. The molecule has 0 radical (unpaired) electrons. The van der Waals surface area contributed by atoms with E-state index in [2.05, 4.69) is 21.7 Å². The van der Waals surface area contributed by atoms with E-state index in [1.54, 1.807) is 23.5 Å². The Morgan fingerprint density at radius 3 is 2.75 bits per heavy atom. The first-order chi connectivity index (χ1) is 13.6. The lowest BCUT2D eigenvalue weighted by molar-refractivity contribution is 0.184. The van der Waals surface area contributed by atoms with Gasteiger partial charge < -0.3 is 25.6 Å². The highest BCUT2D eigenvalue weighted by Gasteiger charge is 2.12. The maximum Gasteiger partial charge on any atom is 0.191 e. The lowest BCUT2D eigenvalue weighted by atomic mass is 10.2. The van der Waals surface area contributed by atoms with Crippen LogP contribution in [0, 0.1) is 0 Å². The van der Waals surface area contributed by atoms with Crippen molar-refractivity contribution >= 4 is 27.4 Å². The van der Waals surface area contributed by atoms with Crippen LogP contribution in [0.2, 0.25) is 0 Å². The molecule has 1 heterocycles. The van der Waals surface area contributed by atoms with E-state index in [-0.39, 0.29) is 12.3 Å². The van der Waals surface area contributed by atoms with E-state index < -0.39 is 6.10 Å². The molecule has 28 heavy (non-hydrogen) atoms. The number of hydrogen-bond donors (Lipinski definition) is 4. The minimum atomic E-state index is -0.633. The Morgan fingerprint density at radius 2 is 2.00 bits per heavy atom. The van der Waals surface area contributed by atoms with Gasteiger partial charge in [0, 0.05) is 28.2 Å². The Balaban J connectivity index is 1.66. The first-order valence-corrected chi connectivity index (χ1v) is 9.97. The smallest absolute Gasteiger partial charge is 0.191 e. The first kappa shape index (κ1) is 20.0. The molecular weight excluding hydrogens is 374 g/mol. The van der Waals surface area contributed by atoms with E-state index >= 15 is 0 Å². The summed E-state index contributed by atoms with van der Waals surface area (Å²) < 4.78 is 6.29. The van der Waals surface area contributed by atoms with Crippen LogP contribution in [0.15, 0.2) is 53.5 Å². The van der Waals surface area contributed by atoms with Crippen LogP contribution in [0.4, 0.5) is 0 Å². The van der Waals surface area contributed by atoms with Crippen molar-refractivity contribution in [3.05, 3.63) is 59.0 Å². The minimum Gasteiger partial charge on any atom is -0.504 e. The Morgan fingerprint density at radius 1 is 1.18 bits per heavy atom. The number of thiophene rings is 1. The van der Waals surface area contributed by atoms with Crippen molar-refractivity contribution in [1.82, 2.24) is 10.6 Å². The Hall–Kier alpha value is -2.77. The third-order valence-electron chi connectivity index (χ3n) is 4.29.